The summed E-state index contributed by atoms with van der Waals surface area (Å²) < 4.78 is 19.7. The number of quaternary nitrogens is 1. The van der Waals surface area contributed by atoms with Gasteiger partial charge in [-0.1, -0.05) is 6.08 Å². The molecule has 5 N–H and O–H groups in total. The van der Waals surface area contributed by atoms with Crippen molar-refractivity contribution in [2.75, 3.05) is 13.2 Å². The number of carbonyl (C=O) groups excluding carboxylic acids is 2. The van der Waals surface area contributed by atoms with E-state index in [1.165, 1.54) is 0 Å². The number of esters is 2. The number of allylic oxidation sites excluding steroid dienone is 1. The summed E-state index contributed by atoms with van der Waals surface area (Å²) in [5, 5.41) is 11.5. The molecule has 8 nitrogen and oxygen atoms in total. The van der Waals surface area contributed by atoms with E-state index in [4.69, 9.17) is 19.9 Å². The number of ether oxygens (including phenoxy) is 3. The van der Waals surface area contributed by atoms with Crippen molar-refractivity contribution in [3.63, 3.8) is 0 Å². The molecule has 2 saturated carbocycles. The van der Waals surface area contributed by atoms with Crippen LogP contribution in [0.25, 0.3) is 0 Å². The van der Waals surface area contributed by atoms with Gasteiger partial charge in [-0.2, -0.15) is 0 Å². The second-order valence-electron chi connectivity index (χ2n) is 13.1. The minimum Gasteiger partial charge on any atom is -0.462 e. The average molecular weight is 534 g/mol. The standard InChI is InChI=1S/C30H48N2O6/c1-4-18(2)27(34)38-29(3)10-5-8-23(19-9-11-32-26(31)15-19)30(29)17-22-14-21-13-20(7-6-12-33)28(35)36-24(21)16-25(22)37-30/h4,19-26,32-33H,5-17,31H2,1-3H3/p+1/t19?,20?,21?,22?,23-,24?,25?,26?,29+,30+/m1/s1. The largest absolute Gasteiger partial charge is 0.462 e. The average Bonchev–Trinajstić information content (AvgIpc) is 3.26. The molecule has 7 unspecified atom stereocenters. The van der Waals surface area contributed by atoms with Crippen molar-refractivity contribution < 1.29 is 34.2 Å². The van der Waals surface area contributed by atoms with E-state index in [0.717, 1.165) is 64.3 Å². The minimum absolute atomic E-state index is 0.00306. The van der Waals surface area contributed by atoms with Gasteiger partial charge in [0.05, 0.1) is 18.6 Å². The topological polar surface area (TPSA) is 125 Å². The summed E-state index contributed by atoms with van der Waals surface area (Å²) in [4.78, 5) is 25.9. The van der Waals surface area contributed by atoms with Gasteiger partial charge in [0.1, 0.15) is 23.5 Å². The molecule has 0 amide bonds. The highest BCUT2D eigenvalue weighted by Gasteiger charge is 2.66. The van der Waals surface area contributed by atoms with Gasteiger partial charge in [-0.15, -0.1) is 0 Å². The maximum absolute atomic E-state index is 13.2. The first-order valence-corrected chi connectivity index (χ1v) is 15.1. The lowest BCUT2D eigenvalue weighted by atomic mass is 9.58. The first-order valence-electron chi connectivity index (χ1n) is 15.1. The van der Waals surface area contributed by atoms with Crippen molar-refractivity contribution in [1.82, 2.24) is 0 Å². The highest BCUT2D eigenvalue weighted by atomic mass is 16.6. The zero-order chi connectivity index (χ0) is 27.1. The molecular formula is C30H49N2O6+. The molecule has 5 aliphatic rings. The van der Waals surface area contributed by atoms with Gasteiger partial charge in [0, 0.05) is 25.0 Å². The van der Waals surface area contributed by atoms with Crippen molar-refractivity contribution in [3.05, 3.63) is 11.6 Å². The van der Waals surface area contributed by atoms with Crippen LogP contribution in [-0.2, 0) is 23.8 Å². The number of hydrogen-bond donors (Lipinski definition) is 3. The Balaban J connectivity index is 1.43. The van der Waals surface area contributed by atoms with Gasteiger partial charge in [0.25, 0.3) is 0 Å². The molecule has 0 radical (unpaired) electrons. The van der Waals surface area contributed by atoms with Crippen molar-refractivity contribution in [3.8, 4) is 0 Å². The van der Waals surface area contributed by atoms with Crippen LogP contribution >= 0.6 is 0 Å². The molecule has 3 heterocycles. The van der Waals surface area contributed by atoms with Crippen LogP contribution in [0.2, 0.25) is 0 Å². The molecule has 2 aliphatic carbocycles. The molecule has 214 valence electrons. The SMILES string of the molecule is CC=C(C)C(=O)O[C@@]1(C)CCC[C@H](C2CC[NH2+]C(N)C2)[C@@]12CC1CC3CC(CCCO)C(=O)OC3CC1O2. The van der Waals surface area contributed by atoms with E-state index in [1.807, 2.05) is 19.9 Å². The van der Waals surface area contributed by atoms with Gasteiger partial charge in [0.15, 0.2) is 0 Å². The minimum atomic E-state index is -0.717. The fourth-order valence-corrected chi connectivity index (χ4v) is 8.73. The van der Waals surface area contributed by atoms with Crippen LogP contribution in [0.1, 0.15) is 91.4 Å². The third-order valence-electron chi connectivity index (χ3n) is 10.8. The summed E-state index contributed by atoms with van der Waals surface area (Å²) in [5.74, 6) is 0.929. The van der Waals surface area contributed by atoms with Crippen LogP contribution in [0.15, 0.2) is 11.6 Å². The Morgan fingerprint density at radius 3 is 2.74 bits per heavy atom. The second kappa shape index (κ2) is 11.2. The molecule has 3 saturated heterocycles. The fourth-order valence-electron chi connectivity index (χ4n) is 8.73. The lowest BCUT2D eigenvalue weighted by Gasteiger charge is -2.55. The van der Waals surface area contributed by atoms with E-state index >= 15 is 0 Å². The lowest BCUT2D eigenvalue weighted by Crippen LogP contribution is -2.95. The molecule has 3 aliphatic heterocycles. The van der Waals surface area contributed by atoms with Crippen molar-refractivity contribution in [2.24, 2.45) is 35.3 Å². The molecule has 8 heteroatoms. The molecule has 5 rings (SSSR count). The van der Waals surface area contributed by atoms with E-state index in [9.17, 15) is 14.7 Å². The Bertz CT molecular complexity index is 924. The maximum atomic E-state index is 13.2. The highest BCUT2D eigenvalue weighted by molar-refractivity contribution is 5.88. The predicted molar refractivity (Wildman–Crippen MR) is 142 cm³/mol. The summed E-state index contributed by atoms with van der Waals surface area (Å²) in [5.41, 5.74) is 5.78. The van der Waals surface area contributed by atoms with E-state index in [-0.39, 0.29) is 48.8 Å². The van der Waals surface area contributed by atoms with Crippen molar-refractivity contribution in [2.45, 2.75) is 121 Å². The second-order valence-corrected chi connectivity index (χ2v) is 13.1. The molecular weight excluding hydrogens is 484 g/mol. The Morgan fingerprint density at radius 1 is 1.18 bits per heavy atom. The molecule has 0 aromatic carbocycles. The quantitative estimate of drug-likeness (QED) is 0.354. The van der Waals surface area contributed by atoms with E-state index in [2.05, 4.69) is 12.2 Å². The van der Waals surface area contributed by atoms with E-state index < -0.39 is 11.2 Å². The first kappa shape index (κ1) is 28.1. The summed E-state index contributed by atoms with van der Waals surface area (Å²) in [7, 11) is 0. The Labute approximate surface area is 227 Å². The molecule has 1 spiro atoms. The highest BCUT2D eigenvalue weighted by Crippen LogP contribution is 2.60. The molecule has 10 atom stereocenters. The van der Waals surface area contributed by atoms with Gasteiger partial charge in [-0.05, 0) is 102 Å². The van der Waals surface area contributed by atoms with Crippen LogP contribution in [-0.4, -0.2) is 59.8 Å². The monoisotopic (exact) mass is 533 g/mol. The number of nitrogens with two attached hydrogens (primary N) is 2. The Morgan fingerprint density at radius 2 is 2.00 bits per heavy atom. The summed E-state index contributed by atoms with van der Waals surface area (Å²) in [6, 6.07) is 0. The number of rotatable bonds is 6. The third kappa shape index (κ3) is 5.06. The lowest BCUT2D eigenvalue weighted by molar-refractivity contribution is -0.700. The normalized spacial score (nSPS) is 45.3. The predicted octanol–water partition coefficient (Wildman–Crippen LogP) is 2.57. The Hall–Kier alpha value is -1.48. The summed E-state index contributed by atoms with van der Waals surface area (Å²) in [6.07, 6.45) is 11.5. The van der Waals surface area contributed by atoms with E-state index in [1.54, 1.807) is 0 Å². The molecule has 5 fully saturated rings. The van der Waals surface area contributed by atoms with Gasteiger partial charge in [-0.3, -0.25) is 10.5 Å². The molecule has 38 heavy (non-hydrogen) atoms. The summed E-state index contributed by atoms with van der Waals surface area (Å²) in [6.45, 7) is 6.93. The van der Waals surface area contributed by atoms with Gasteiger partial charge in [-0.25, -0.2) is 4.79 Å². The number of aliphatic hydroxyl groups is 1. The number of aliphatic hydroxyl groups excluding tert-OH is 1. The molecule has 0 bridgehead atoms. The van der Waals surface area contributed by atoms with Crippen molar-refractivity contribution in [1.29, 1.82) is 0 Å². The number of hydrogen-bond acceptors (Lipinski definition) is 7. The number of fused-ring (bicyclic) bond motifs is 2. The number of piperidine rings is 1. The smallest absolute Gasteiger partial charge is 0.334 e. The van der Waals surface area contributed by atoms with Gasteiger partial charge < -0.3 is 24.6 Å². The fraction of sp³-hybridized carbons (Fsp3) is 0.867. The van der Waals surface area contributed by atoms with Crippen molar-refractivity contribution >= 4 is 11.9 Å². The van der Waals surface area contributed by atoms with Crippen LogP contribution in [0.5, 0.6) is 0 Å². The van der Waals surface area contributed by atoms with Crippen LogP contribution < -0.4 is 11.1 Å². The molecule has 0 aromatic rings. The van der Waals surface area contributed by atoms with Crippen LogP contribution in [0.3, 0.4) is 0 Å². The number of carbonyl (C=O) groups is 2. The first-order chi connectivity index (χ1) is 18.2. The zero-order valence-electron chi connectivity index (χ0n) is 23.5. The third-order valence-corrected chi connectivity index (χ3v) is 10.8. The Kier molecular flexibility index (Phi) is 8.26. The zero-order valence-corrected chi connectivity index (χ0v) is 23.5. The van der Waals surface area contributed by atoms with Crippen LogP contribution in [0.4, 0.5) is 0 Å². The summed E-state index contributed by atoms with van der Waals surface area (Å²) >= 11 is 0. The van der Waals surface area contributed by atoms with Gasteiger partial charge >= 0.3 is 11.9 Å². The maximum Gasteiger partial charge on any atom is 0.334 e. The molecule has 0 aromatic heterocycles. The van der Waals surface area contributed by atoms with E-state index in [0.29, 0.717) is 36.2 Å². The van der Waals surface area contributed by atoms with Crippen LogP contribution in [0, 0.1) is 29.6 Å². The van der Waals surface area contributed by atoms with Gasteiger partial charge in [0.2, 0.25) is 0 Å².